The highest BCUT2D eigenvalue weighted by Gasteiger charge is 2.33. The number of pyridine rings is 1. The van der Waals surface area contributed by atoms with Gasteiger partial charge in [-0.25, -0.2) is 9.37 Å². The van der Waals surface area contributed by atoms with Crippen molar-refractivity contribution in [3.8, 4) is 0 Å². The van der Waals surface area contributed by atoms with E-state index in [1.165, 1.54) is 12.8 Å². The summed E-state index contributed by atoms with van der Waals surface area (Å²) in [5, 5.41) is 3.38. The fourth-order valence-corrected chi connectivity index (χ4v) is 3.03. The minimum absolute atomic E-state index is 0.139. The maximum absolute atomic E-state index is 14.7. The number of hydrogen-bond donors (Lipinski definition) is 1. The molecule has 21 heavy (non-hydrogen) atoms. The molecule has 2 fully saturated rings. The lowest BCUT2D eigenvalue weighted by Gasteiger charge is -2.27. The summed E-state index contributed by atoms with van der Waals surface area (Å²) < 4.78 is 14.7. The maximum atomic E-state index is 14.7. The van der Waals surface area contributed by atoms with Crippen LogP contribution in [0.4, 0.5) is 10.2 Å². The van der Waals surface area contributed by atoms with E-state index in [1.807, 2.05) is 0 Å². The number of halogens is 1. The quantitative estimate of drug-likeness (QED) is 0.922. The first kappa shape index (κ1) is 14.8. The summed E-state index contributed by atoms with van der Waals surface area (Å²) >= 11 is 0. The summed E-state index contributed by atoms with van der Waals surface area (Å²) in [6.45, 7) is 9.23. The molecular weight excluding hydrogens is 265 g/mol. The van der Waals surface area contributed by atoms with Crippen LogP contribution in [0, 0.1) is 17.2 Å². The van der Waals surface area contributed by atoms with E-state index in [9.17, 15) is 4.39 Å². The third-order valence-electron chi connectivity index (χ3n) is 4.82. The molecule has 0 amide bonds. The molecular formula is C17H26FN3. The molecule has 0 spiro atoms. The molecule has 1 N–H and O–H groups in total. The zero-order valence-electron chi connectivity index (χ0n) is 13.3. The molecule has 0 bridgehead atoms. The SMILES string of the molecule is CC(C)(C)C1CCN(c2nccc(CNC3CC3)c2F)C1. The fourth-order valence-electron chi connectivity index (χ4n) is 3.03. The Morgan fingerprint density at radius 3 is 2.71 bits per heavy atom. The highest BCUT2D eigenvalue weighted by atomic mass is 19.1. The summed E-state index contributed by atoms with van der Waals surface area (Å²) in [6, 6.07) is 2.39. The van der Waals surface area contributed by atoms with Crippen LogP contribution >= 0.6 is 0 Å². The molecule has 3 rings (SSSR count). The number of aromatic nitrogens is 1. The van der Waals surface area contributed by atoms with Crippen molar-refractivity contribution in [1.82, 2.24) is 10.3 Å². The van der Waals surface area contributed by atoms with E-state index in [0.717, 1.165) is 25.1 Å². The number of hydrogen-bond acceptors (Lipinski definition) is 3. The number of anilines is 1. The molecule has 4 heteroatoms. The van der Waals surface area contributed by atoms with Gasteiger partial charge in [0.1, 0.15) is 0 Å². The topological polar surface area (TPSA) is 28.2 Å². The van der Waals surface area contributed by atoms with E-state index in [0.29, 0.717) is 24.3 Å². The normalized spacial score (nSPS) is 22.9. The zero-order valence-corrected chi connectivity index (χ0v) is 13.3. The van der Waals surface area contributed by atoms with Crippen LogP contribution in [0.3, 0.4) is 0 Å². The Labute approximate surface area is 126 Å². The molecule has 1 saturated heterocycles. The zero-order chi connectivity index (χ0) is 15.0. The first-order valence-electron chi connectivity index (χ1n) is 8.07. The largest absolute Gasteiger partial charge is 0.354 e. The minimum atomic E-state index is -0.139. The van der Waals surface area contributed by atoms with Crippen molar-refractivity contribution >= 4 is 5.82 Å². The first-order chi connectivity index (χ1) is 9.95. The lowest BCUT2D eigenvalue weighted by atomic mass is 9.80. The molecule has 1 aliphatic carbocycles. The molecule has 3 nitrogen and oxygen atoms in total. The van der Waals surface area contributed by atoms with E-state index in [-0.39, 0.29) is 11.2 Å². The second-order valence-corrected chi connectivity index (χ2v) is 7.56. The number of nitrogens with zero attached hydrogens (tertiary/aromatic N) is 2. The molecule has 1 unspecified atom stereocenters. The Morgan fingerprint density at radius 1 is 1.33 bits per heavy atom. The smallest absolute Gasteiger partial charge is 0.170 e. The molecule has 1 atom stereocenters. The predicted octanol–water partition coefficient (Wildman–Crippen LogP) is 3.35. The molecule has 1 aliphatic heterocycles. The van der Waals surface area contributed by atoms with Gasteiger partial charge in [0, 0.05) is 37.4 Å². The molecule has 0 aromatic carbocycles. The predicted molar refractivity (Wildman–Crippen MR) is 83.8 cm³/mol. The van der Waals surface area contributed by atoms with Crippen molar-refractivity contribution in [1.29, 1.82) is 0 Å². The van der Waals surface area contributed by atoms with E-state index in [2.05, 4.69) is 36.0 Å². The van der Waals surface area contributed by atoms with Gasteiger partial charge in [-0.1, -0.05) is 20.8 Å². The molecule has 0 radical (unpaired) electrons. The van der Waals surface area contributed by atoms with Gasteiger partial charge in [-0.2, -0.15) is 0 Å². The average Bonchev–Trinajstić information content (AvgIpc) is 3.10. The molecule has 1 aromatic heterocycles. The Bertz CT molecular complexity index is 505. The Morgan fingerprint density at radius 2 is 2.10 bits per heavy atom. The maximum Gasteiger partial charge on any atom is 0.170 e. The standard InChI is InChI=1S/C17H26FN3/c1-17(2,3)13-7-9-21(11-13)16-15(18)12(6-8-19-16)10-20-14-4-5-14/h6,8,13-14,20H,4-5,7,9-11H2,1-3H3. The van der Waals surface area contributed by atoms with E-state index < -0.39 is 0 Å². The molecule has 2 heterocycles. The van der Waals surface area contributed by atoms with Crippen molar-refractivity contribution in [2.45, 2.75) is 52.6 Å². The fraction of sp³-hybridized carbons (Fsp3) is 0.706. The number of rotatable bonds is 4. The van der Waals surface area contributed by atoms with Crippen molar-refractivity contribution < 1.29 is 4.39 Å². The third-order valence-corrected chi connectivity index (χ3v) is 4.82. The van der Waals surface area contributed by atoms with Crippen molar-refractivity contribution in [3.05, 3.63) is 23.6 Å². The highest BCUT2D eigenvalue weighted by Crippen LogP contribution is 2.36. The van der Waals surface area contributed by atoms with Gasteiger partial charge in [-0.3, -0.25) is 0 Å². The van der Waals surface area contributed by atoms with Crippen LogP contribution in [0.5, 0.6) is 0 Å². The minimum Gasteiger partial charge on any atom is -0.354 e. The van der Waals surface area contributed by atoms with Gasteiger partial charge >= 0.3 is 0 Å². The second kappa shape index (κ2) is 5.56. The average molecular weight is 291 g/mol. The Kier molecular flexibility index (Phi) is 3.91. The lowest BCUT2D eigenvalue weighted by Crippen LogP contribution is -2.27. The van der Waals surface area contributed by atoms with Gasteiger partial charge in [0.2, 0.25) is 0 Å². The third kappa shape index (κ3) is 3.37. The summed E-state index contributed by atoms with van der Waals surface area (Å²) in [7, 11) is 0. The highest BCUT2D eigenvalue weighted by molar-refractivity contribution is 5.44. The van der Waals surface area contributed by atoms with E-state index in [4.69, 9.17) is 0 Å². The van der Waals surface area contributed by atoms with Crippen LogP contribution < -0.4 is 10.2 Å². The van der Waals surface area contributed by atoms with Gasteiger partial charge in [-0.15, -0.1) is 0 Å². The summed E-state index contributed by atoms with van der Waals surface area (Å²) in [4.78, 5) is 6.42. The van der Waals surface area contributed by atoms with E-state index in [1.54, 1.807) is 12.3 Å². The van der Waals surface area contributed by atoms with Crippen LogP contribution in [-0.4, -0.2) is 24.1 Å². The van der Waals surface area contributed by atoms with Crippen LogP contribution in [-0.2, 0) is 6.54 Å². The van der Waals surface area contributed by atoms with Gasteiger partial charge in [-0.05, 0) is 36.7 Å². The number of nitrogens with one attached hydrogen (secondary N) is 1. The van der Waals surface area contributed by atoms with Crippen LogP contribution in [0.2, 0.25) is 0 Å². The Balaban J connectivity index is 1.71. The van der Waals surface area contributed by atoms with E-state index >= 15 is 0 Å². The summed E-state index contributed by atoms with van der Waals surface area (Å²) in [6.07, 6.45) is 5.31. The van der Waals surface area contributed by atoms with Gasteiger partial charge in [0.05, 0.1) is 0 Å². The van der Waals surface area contributed by atoms with Crippen LogP contribution in [0.1, 0.15) is 45.6 Å². The van der Waals surface area contributed by atoms with Gasteiger partial charge < -0.3 is 10.2 Å². The van der Waals surface area contributed by atoms with Crippen molar-refractivity contribution in [3.63, 3.8) is 0 Å². The molecule has 2 aliphatic rings. The van der Waals surface area contributed by atoms with Crippen LogP contribution in [0.15, 0.2) is 12.3 Å². The second-order valence-electron chi connectivity index (χ2n) is 7.56. The first-order valence-corrected chi connectivity index (χ1v) is 8.07. The molecule has 116 valence electrons. The molecule has 1 saturated carbocycles. The van der Waals surface area contributed by atoms with Crippen molar-refractivity contribution in [2.75, 3.05) is 18.0 Å². The monoisotopic (exact) mass is 291 g/mol. The molecule has 1 aromatic rings. The lowest BCUT2D eigenvalue weighted by molar-refractivity contribution is 0.263. The summed E-state index contributed by atoms with van der Waals surface area (Å²) in [5.41, 5.74) is 1.02. The van der Waals surface area contributed by atoms with Gasteiger partial charge in [0.25, 0.3) is 0 Å². The van der Waals surface area contributed by atoms with Crippen LogP contribution in [0.25, 0.3) is 0 Å². The van der Waals surface area contributed by atoms with Crippen molar-refractivity contribution in [2.24, 2.45) is 11.3 Å². The summed E-state index contributed by atoms with van der Waals surface area (Å²) in [5.74, 6) is 1.00. The Hall–Kier alpha value is -1.16. The van der Waals surface area contributed by atoms with Gasteiger partial charge in [0.15, 0.2) is 11.6 Å².